The zero-order valence-electron chi connectivity index (χ0n) is 5.60. The van der Waals surface area contributed by atoms with Gasteiger partial charge >= 0.3 is 0 Å². The van der Waals surface area contributed by atoms with E-state index in [0.29, 0.717) is 5.92 Å². The van der Waals surface area contributed by atoms with Crippen LogP contribution in [0, 0.1) is 5.92 Å². The predicted molar refractivity (Wildman–Crippen MR) is 34.3 cm³/mol. The number of aromatic nitrogens is 3. The Labute approximate surface area is 58.8 Å². The summed E-state index contributed by atoms with van der Waals surface area (Å²) in [5, 5.41) is 3.99. The van der Waals surface area contributed by atoms with Crippen molar-refractivity contribution in [3.05, 3.63) is 12.7 Å². The maximum Gasteiger partial charge on any atom is 0.137 e. The van der Waals surface area contributed by atoms with Gasteiger partial charge in [-0.3, -0.25) is 4.68 Å². The van der Waals surface area contributed by atoms with E-state index in [-0.39, 0.29) is 0 Å². The fraction of sp³-hybridized carbons (Fsp3) is 0.667. The molecule has 0 aliphatic carbocycles. The second-order valence-electron chi connectivity index (χ2n) is 2.52. The van der Waals surface area contributed by atoms with Crippen LogP contribution in [0.1, 0.15) is 0 Å². The molecule has 10 heavy (non-hydrogen) atoms. The molecule has 0 N–H and O–H groups in total. The van der Waals surface area contributed by atoms with Gasteiger partial charge in [0.15, 0.2) is 0 Å². The van der Waals surface area contributed by atoms with Crippen LogP contribution in [0.5, 0.6) is 0 Å². The first kappa shape index (κ1) is 5.85. The molecule has 2 rings (SSSR count). The Kier molecular flexibility index (Phi) is 1.39. The van der Waals surface area contributed by atoms with Crippen molar-refractivity contribution in [2.45, 2.75) is 6.54 Å². The average Bonchev–Trinajstić information content (AvgIpc) is 2.29. The summed E-state index contributed by atoms with van der Waals surface area (Å²) < 4.78 is 6.86. The lowest BCUT2D eigenvalue weighted by molar-refractivity contribution is -0.0408. The van der Waals surface area contributed by atoms with E-state index in [1.54, 1.807) is 12.7 Å². The number of nitrogens with zero attached hydrogens (tertiary/aromatic N) is 3. The Morgan fingerprint density at radius 1 is 1.60 bits per heavy atom. The molecular weight excluding hydrogens is 130 g/mol. The fourth-order valence-corrected chi connectivity index (χ4v) is 0.981. The van der Waals surface area contributed by atoms with E-state index in [2.05, 4.69) is 10.1 Å². The third kappa shape index (κ3) is 1.02. The van der Waals surface area contributed by atoms with Gasteiger partial charge in [0.2, 0.25) is 0 Å². The highest BCUT2D eigenvalue weighted by atomic mass is 16.5. The Bertz CT molecular complexity index is 193. The normalized spacial score (nSPS) is 18.8. The van der Waals surface area contributed by atoms with Crippen LogP contribution >= 0.6 is 0 Å². The lowest BCUT2D eigenvalue weighted by Gasteiger charge is -2.25. The van der Waals surface area contributed by atoms with Crippen LogP contribution in [0.4, 0.5) is 0 Å². The van der Waals surface area contributed by atoms with Crippen LogP contribution in [0.25, 0.3) is 0 Å². The van der Waals surface area contributed by atoms with E-state index in [0.717, 1.165) is 19.8 Å². The third-order valence-corrected chi connectivity index (χ3v) is 1.62. The monoisotopic (exact) mass is 139 g/mol. The van der Waals surface area contributed by atoms with E-state index in [1.807, 2.05) is 4.68 Å². The van der Waals surface area contributed by atoms with Gasteiger partial charge < -0.3 is 4.74 Å². The minimum atomic E-state index is 0.654. The molecule has 0 radical (unpaired) electrons. The molecule has 0 saturated carbocycles. The minimum absolute atomic E-state index is 0.654. The second kappa shape index (κ2) is 2.38. The highest BCUT2D eigenvalue weighted by Gasteiger charge is 2.18. The number of rotatable bonds is 2. The lowest BCUT2D eigenvalue weighted by Crippen LogP contribution is -2.31. The number of hydrogen-bond donors (Lipinski definition) is 0. The minimum Gasteiger partial charge on any atom is -0.381 e. The number of hydrogen-bond acceptors (Lipinski definition) is 3. The summed E-state index contributed by atoms with van der Waals surface area (Å²) >= 11 is 0. The van der Waals surface area contributed by atoms with Crippen LogP contribution < -0.4 is 0 Å². The van der Waals surface area contributed by atoms with E-state index in [9.17, 15) is 0 Å². The predicted octanol–water partition coefficient (Wildman–Crippen LogP) is -0.0755. The van der Waals surface area contributed by atoms with Crippen molar-refractivity contribution >= 4 is 0 Å². The van der Waals surface area contributed by atoms with Crippen molar-refractivity contribution in [3.8, 4) is 0 Å². The van der Waals surface area contributed by atoms with Gasteiger partial charge in [0.1, 0.15) is 12.7 Å². The van der Waals surface area contributed by atoms with Gasteiger partial charge in [0, 0.05) is 12.5 Å². The Morgan fingerprint density at radius 2 is 2.50 bits per heavy atom. The molecule has 4 heteroatoms. The van der Waals surface area contributed by atoms with Gasteiger partial charge in [-0.05, 0) is 0 Å². The van der Waals surface area contributed by atoms with E-state index in [4.69, 9.17) is 4.74 Å². The standard InChI is InChI=1S/C6H9N3O/c1(6-2-10-3-6)9-5-7-4-8-9/h4-6H,1-3H2. The molecule has 0 bridgehead atoms. The van der Waals surface area contributed by atoms with Crippen molar-refractivity contribution in [2.75, 3.05) is 13.2 Å². The van der Waals surface area contributed by atoms with Crippen LogP contribution in [0.2, 0.25) is 0 Å². The molecule has 4 nitrogen and oxygen atoms in total. The van der Waals surface area contributed by atoms with Crippen molar-refractivity contribution in [3.63, 3.8) is 0 Å². The summed E-state index contributed by atoms with van der Waals surface area (Å²) in [5.74, 6) is 0.654. The third-order valence-electron chi connectivity index (χ3n) is 1.62. The lowest BCUT2D eigenvalue weighted by atomic mass is 10.1. The van der Waals surface area contributed by atoms with E-state index >= 15 is 0 Å². The first-order chi connectivity index (χ1) is 4.95. The maximum atomic E-state index is 5.02. The van der Waals surface area contributed by atoms with Crippen LogP contribution in [-0.4, -0.2) is 28.0 Å². The van der Waals surface area contributed by atoms with Gasteiger partial charge in [-0.15, -0.1) is 0 Å². The summed E-state index contributed by atoms with van der Waals surface area (Å²) in [5.41, 5.74) is 0. The Balaban J connectivity index is 1.90. The molecule has 0 amide bonds. The van der Waals surface area contributed by atoms with Gasteiger partial charge in [-0.25, -0.2) is 4.98 Å². The van der Waals surface area contributed by atoms with Crippen LogP contribution in [0.15, 0.2) is 12.7 Å². The molecule has 1 saturated heterocycles. The largest absolute Gasteiger partial charge is 0.381 e. The smallest absolute Gasteiger partial charge is 0.137 e. The molecule has 1 fully saturated rings. The highest BCUT2D eigenvalue weighted by molar-refractivity contribution is 4.67. The fourth-order valence-electron chi connectivity index (χ4n) is 0.981. The van der Waals surface area contributed by atoms with Crippen LogP contribution in [-0.2, 0) is 11.3 Å². The summed E-state index contributed by atoms with van der Waals surface area (Å²) in [6.45, 7) is 2.69. The van der Waals surface area contributed by atoms with Gasteiger partial charge in [0.25, 0.3) is 0 Å². The second-order valence-corrected chi connectivity index (χ2v) is 2.52. The SMILES string of the molecule is c1ncn(CC2COC2)n1. The molecule has 0 spiro atoms. The summed E-state index contributed by atoms with van der Waals surface area (Å²) in [4.78, 5) is 3.84. The molecule has 0 aromatic carbocycles. The zero-order chi connectivity index (χ0) is 6.81. The molecule has 1 aromatic rings. The van der Waals surface area contributed by atoms with Gasteiger partial charge in [0.05, 0.1) is 13.2 Å². The van der Waals surface area contributed by atoms with Crippen LogP contribution in [0.3, 0.4) is 0 Å². The molecule has 0 unspecified atom stereocenters. The highest BCUT2D eigenvalue weighted by Crippen LogP contribution is 2.10. The molecule has 54 valence electrons. The quantitative estimate of drug-likeness (QED) is 0.575. The maximum absolute atomic E-state index is 5.02. The molecule has 1 aromatic heterocycles. The summed E-state index contributed by atoms with van der Waals surface area (Å²) in [6, 6.07) is 0. The molecule has 1 aliphatic heterocycles. The zero-order valence-corrected chi connectivity index (χ0v) is 5.60. The van der Waals surface area contributed by atoms with E-state index < -0.39 is 0 Å². The number of ether oxygens (including phenoxy) is 1. The van der Waals surface area contributed by atoms with Gasteiger partial charge in [-0.2, -0.15) is 5.10 Å². The Hall–Kier alpha value is -0.900. The van der Waals surface area contributed by atoms with E-state index in [1.165, 1.54) is 0 Å². The van der Waals surface area contributed by atoms with Crippen molar-refractivity contribution in [1.82, 2.24) is 14.8 Å². The summed E-state index contributed by atoms with van der Waals surface area (Å²) in [6.07, 6.45) is 3.29. The topological polar surface area (TPSA) is 39.9 Å². The molecule has 0 atom stereocenters. The van der Waals surface area contributed by atoms with Gasteiger partial charge in [-0.1, -0.05) is 0 Å². The first-order valence-corrected chi connectivity index (χ1v) is 3.35. The summed E-state index contributed by atoms with van der Waals surface area (Å²) in [7, 11) is 0. The Morgan fingerprint density at radius 3 is 3.00 bits per heavy atom. The molecular formula is C6H9N3O. The molecule has 1 aliphatic rings. The average molecular weight is 139 g/mol. The van der Waals surface area contributed by atoms with Crippen molar-refractivity contribution in [2.24, 2.45) is 5.92 Å². The van der Waals surface area contributed by atoms with Crippen molar-refractivity contribution < 1.29 is 4.74 Å². The van der Waals surface area contributed by atoms with Crippen molar-refractivity contribution in [1.29, 1.82) is 0 Å². The molecule has 2 heterocycles. The first-order valence-electron chi connectivity index (χ1n) is 3.35.